The number of rotatable bonds is 5. The highest BCUT2D eigenvalue weighted by atomic mass is 16.5. The molecule has 0 saturated carbocycles. The maximum Gasteiger partial charge on any atom is 0.411 e. The van der Waals surface area contributed by atoms with E-state index < -0.39 is 6.09 Å². The van der Waals surface area contributed by atoms with Crippen LogP contribution in [0, 0.1) is 6.92 Å². The van der Waals surface area contributed by atoms with Crippen molar-refractivity contribution in [3.63, 3.8) is 0 Å². The summed E-state index contributed by atoms with van der Waals surface area (Å²) in [5, 5.41) is 2.64. The normalized spacial score (nSPS) is 14.6. The molecule has 0 aromatic heterocycles. The van der Waals surface area contributed by atoms with Gasteiger partial charge in [0.1, 0.15) is 6.54 Å². The SMILES string of the molecule is CCOC(=O)Nc1cccc(C(=O)N2CC[NH+](Cc3cccc(C)c3)CC2)c1. The highest BCUT2D eigenvalue weighted by molar-refractivity contribution is 5.96. The van der Waals surface area contributed by atoms with Crippen molar-refractivity contribution < 1.29 is 19.2 Å². The van der Waals surface area contributed by atoms with Crippen molar-refractivity contribution in [2.45, 2.75) is 20.4 Å². The zero-order chi connectivity index (χ0) is 19.9. The monoisotopic (exact) mass is 382 g/mol. The Morgan fingerprint density at radius 2 is 1.86 bits per heavy atom. The van der Waals surface area contributed by atoms with Crippen LogP contribution in [-0.4, -0.2) is 49.7 Å². The number of carbonyl (C=O) groups excluding carboxylic acids is 2. The van der Waals surface area contributed by atoms with E-state index >= 15 is 0 Å². The third-order valence-electron chi connectivity index (χ3n) is 4.93. The first-order chi connectivity index (χ1) is 13.5. The molecule has 1 saturated heterocycles. The van der Waals surface area contributed by atoms with Gasteiger partial charge in [-0.2, -0.15) is 0 Å². The Morgan fingerprint density at radius 3 is 2.57 bits per heavy atom. The molecule has 6 nitrogen and oxygen atoms in total. The molecule has 6 heteroatoms. The highest BCUT2D eigenvalue weighted by Crippen LogP contribution is 2.13. The second kappa shape index (κ2) is 9.37. The van der Waals surface area contributed by atoms with Crippen molar-refractivity contribution >= 4 is 17.7 Å². The molecule has 0 aliphatic carbocycles. The number of benzene rings is 2. The molecule has 3 rings (SSSR count). The van der Waals surface area contributed by atoms with Crippen LogP contribution in [-0.2, 0) is 11.3 Å². The third kappa shape index (κ3) is 5.33. The second-order valence-electron chi connectivity index (χ2n) is 7.13. The number of nitrogens with zero attached hydrogens (tertiary/aromatic N) is 1. The number of carbonyl (C=O) groups is 2. The maximum absolute atomic E-state index is 12.8. The van der Waals surface area contributed by atoms with E-state index in [-0.39, 0.29) is 5.91 Å². The van der Waals surface area contributed by atoms with Crippen LogP contribution >= 0.6 is 0 Å². The van der Waals surface area contributed by atoms with Gasteiger partial charge in [-0.1, -0.05) is 35.9 Å². The van der Waals surface area contributed by atoms with Gasteiger partial charge in [0.2, 0.25) is 0 Å². The molecule has 0 unspecified atom stereocenters. The van der Waals surface area contributed by atoms with Crippen molar-refractivity contribution in [3.05, 3.63) is 65.2 Å². The predicted molar refractivity (Wildman–Crippen MR) is 109 cm³/mol. The average molecular weight is 382 g/mol. The molecule has 28 heavy (non-hydrogen) atoms. The summed E-state index contributed by atoms with van der Waals surface area (Å²) in [6.45, 7) is 8.48. The van der Waals surface area contributed by atoms with E-state index in [2.05, 4.69) is 36.5 Å². The molecule has 148 valence electrons. The van der Waals surface area contributed by atoms with Crippen LogP contribution < -0.4 is 10.2 Å². The number of amides is 2. The molecule has 0 radical (unpaired) electrons. The van der Waals surface area contributed by atoms with Crippen LogP contribution in [0.4, 0.5) is 10.5 Å². The fourth-order valence-corrected chi connectivity index (χ4v) is 3.51. The summed E-state index contributed by atoms with van der Waals surface area (Å²) in [6, 6.07) is 15.6. The summed E-state index contributed by atoms with van der Waals surface area (Å²) in [7, 11) is 0. The van der Waals surface area contributed by atoms with Gasteiger partial charge in [-0.3, -0.25) is 10.1 Å². The molecule has 0 bridgehead atoms. The van der Waals surface area contributed by atoms with Gasteiger partial charge in [-0.25, -0.2) is 4.79 Å². The molecule has 2 aromatic rings. The summed E-state index contributed by atoms with van der Waals surface area (Å²) in [5.41, 5.74) is 3.76. The first-order valence-corrected chi connectivity index (χ1v) is 9.77. The van der Waals surface area contributed by atoms with E-state index in [1.165, 1.54) is 16.0 Å². The Bertz CT molecular complexity index is 829. The lowest BCUT2D eigenvalue weighted by Gasteiger charge is -2.32. The molecule has 2 N–H and O–H groups in total. The number of nitrogens with one attached hydrogen (secondary N) is 2. The van der Waals surface area contributed by atoms with E-state index in [0.717, 1.165) is 32.7 Å². The number of anilines is 1. The zero-order valence-electron chi connectivity index (χ0n) is 16.5. The molecule has 0 atom stereocenters. The van der Waals surface area contributed by atoms with E-state index in [9.17, 15) is 9.59 Å². The average Bonchev–Trinajstić information content (AvgIpc) is 2.68. The summed E-state index contributed by atoms with van der Waals surface area (Å²) >= 11 is 0. The fourth-order valence-electron chi connectivity index (χ4n) is 3.51. The van der Waals surface area contributed by atoms with Crippen LogP contribution in [0.15, 0.2) is 48.5 Å². The Morgan fingerprint density at radius 1 is 1.11 bits per heavy atom. The van der Waals surface area contributed by atoms with Gasteiger partial charge in [0, 0.05) is 16.8 Å². The molecular weight excluding hydrogens is 354 g/mol. The highest BCUT2D eigenvalue weighted by Gasteiger charge is 2.24. The molecule has 1 aliphatic rings. The number of aryl methyl sites for hydroxylation is 1. The quantitative estimate of drug-likeness (QED) is 0.833. The van der Waals surface area contributed by atoms with Gasteiger partial charge in [-0.15, -0.1) is 0 Å². The van der Waals surface area contributed by atoms with Crippen LogP contribution in [0.25, 0.3) is 0 Å². The molecular formula is C22H28N3O3+. The van der Waals surface area contributed by atoms with Crippen molar-refractivity contribution in [3.8, 4) is 0 Å². The van der Waals surface area contributed by atoms with Crippen LogP contribution in [0.5, 0.6) is 0 Å². The van der Waals surface area contributed by atoms with Gasteiger partial charge in [-0.05, 0) is 32.0 Å². The Balaban J connectivity index is 1.55. The first kappa shape index (κ1) is 19.9. The van der Waals surface area contributed by atoms with Crippen LogP contribution in [0.1, 0.15) is 28.4 Å². The topological polar surface area (TPSA) is 63.1 Å². The largest absolute Gasteiger partial charge is 0.450 e. The first-order valence-electron chi connectivity index (χ1n) is 9.77. The Kier molecular flexibility index (Phi) is 6.66. The molecule has 2 aromatic carbocycles. The van der Waals surface area contributed by atoms with Crippen molar-refractivity contribution in [1.82, 2.24) is 4.90 Å². The second-order valence-corrected chi connectivity index (χ2v) is 7.13. The fraction of sp³-hybridized carbons (Fsp3) is 0.364. The maximum atomic E-state index is 12.8. The number of quaternary nitrogens is 1. The number of piperazine rings is 1. The van der Waals surface area contributed by atoms with E-state index in [4.69, 9.17) is 4.74 Å². The summed E-state index contributed by atoms with van der Waals surface area (Å²) in [6.07, 6.45) is -0.513. The van der Waals surface area contributed by atoms with Crippen molar-refractivity contribution in [2.24, 2.45) is 0 Å². The zero-order valence-corrected chi connectivity index (χ0v) is 16.5. The summed E-state index contributed by atoms with van der Waals surface area (Å²) in [5.74, 6) is 0.00196. The van der Waals surface area contributed by atoms with Gasteiger partial charge < -0.3 is 14.5 Å². The van der Waals surface area contributed by atoms with E-state index in [1.54, 1.807) is 31.2 Å². The Labute approximate surface area is 166 Å². The van der Waals surface area contributed by atoms with Crippen LogP contribution in [0.3, 0.4) is 0 Å². The lowest BCUT2D eigenvalue weighted by Crippen LogP contribution is -3.13. The molecule has 1 fully saturated rings. The number of hydrogen-bond acceptors (Lipinski definition) is 3. The van der Waals surface area contributed by atoms with Gasteiger partial charge in [0.15, 0.2) is 0 Å². The summed E-state index contributed by atoms with van der Waals surface area (Å²) < 4.78 is 4.88. The minimum Gasteiger partial charge on any atom is -0.450 e. The third-order valence-corrected chi connectivity index (χ3v) is 4.93. The van der Waals surface area contributed by atoms with Gasteiger partial charge >= 0.3 is 6.09 Å². The lowest BCUT2D eigenvalue weighted by molar-refractivity contribution is -0.917. The van der Waals surface area contributed by atoms with Crippen molar-refractivity contribution in [1.29, 1.82) is 0 Å². The Hall–Kier alpha value is -2.86. The molecule has 0 spiro atoms. The van der Waals surface area contributed by atoms with Gasteiger partial charge in [0.05, 0.1) is 32.8 Å². The smallest absolute Gasteiger partial charge is 0.411 e. The number of ether oxygens (including phenoxy) is 1. The minimum absolute atomic E-state index is 0.00196. The lowest BCUT2D eigenvalue weighted by atomic mass is 10.1. The molecule has 1 heterocycles. The molecule has 2 amide bonds. The molecule has 1 aliphatic heterocycles. The van der Waals surface area contributed by atoms with E-state index in [0.29, 0.717) is 17.9 Å². The van der Waals surface area contributed by atoms with Gasteiger partial charge in [0.25, 0.3) is 5.91 Å². The summed E-state index contributed by atoms with van der Waals surface area (Å²) in [4.78, 5) is 27.8. The van der Waals surface area contributed by atoms with Crippen molar-refractivity contribution in [2.75, 3.05) is 38.1 Å². The minimum atomic E-state index is -0.513. The van der Waals surface area contributed by atoms with Crippen LogP contribution in [0.2, 0.25) is 0 Å². The number of hydrogen-bond donors (Lipinski definition) is 2. The van der Waals surface area contributed by atoms with E-state index in [1.807, 2.05) is 4.90 Å². The standard InChI is InChI=1S/C22H27N3O3/c1-3-28-22(27)23-20-9-5-8-19(15-20)21(26)25-12-10-24(11-13-25)16-18-7-4-6-17(2)14-18/h4-9,14-15H,3,10-13,16H2,1-2H3,(H,23,27)/p+1. The predicted octanol–water partition coefficient (Wildman–Crippen LogP) is 2.10.